The maximum absolute atomic E-state index is 6.31. The number of methoxy groups -OCH3 is 1. The second-order valence-electron chi connectivity index (χ2n) is 5.41. The van der Waals surface area contributed by atoms with Gasteiger partial charge in [-0.25, -0.2) is 0 Å². The van der Waals surface area contributed by atoms with Crippen LogP contribution in [0.2, 0.25) is 5.02 Å². The topological polar surface area (TPSA) is 38.5 Å². The molecule has 2 atom stereocenters. The molecule has 2 rings (SSSR count). The van der Waals surface area contributed by atoms with Crippen molar-refractivity contribution in [2.24, 2.45) is 11.7 Å². The van der Waals surface area contributed by atoms with Crippen LogP contribution < -0.4 is 5.73 Å². The molecule has 0 aliphatic carbocycles. The van der Waals surface area contributed by atoms with Crippen LogP contribution in [-0.2, 0) is 17.8 Å². The molecule has 2 unspecified atom stereocenters. The van der Waals surface area contributed by atoms with E-state index >= 15 is 0 Å². The lowest BCUT2D eigenvalue weighted by molar-refractivity contribution is -0.00744. The van der Waals surface area contributed by atoms with Crippen LogP contribution in [0.5, 0.6) is 0 Å². The quantitative estimate of drug-likeness (QED) is 0.923. The Hall–Kier alpha value is -0.610. The number of ether oxygens (including phenoxy) is 1. The van der Waals surface area contributed by atoms with Gasteiger partial charge in [0.1, 0.15) is 0 Å². The molecular formula is C15H23ClN2O. The Labute approximate surface area is 120 Å². The molecule has 1 aliphatic heterocycles. The predicted octanol–water partition coefficient (Wildman–Crippen LogP) is 2.66. The van der Waals surface area contributed by atoms with E-state index < -0.39 is 0 Å². The summed E-state index contributed by atoms with van der Waals surface area (Å²) in [5, 5.41) is 0.815. The molecule has 1 heterocycles. The van der Waals surface area contributed by atoms with Gasteiger partial charge in [0.15, 0.2) is 0 Å². The Morgan fingerprint density at radius 2 is 2.26 bits per heavy atom. The molecule has 1 aliphatic rings. The highest BCUT2D eigenvalue weighted by Gasteiger charge is 2.26. The number of halogens is 1. The van der Waals surface area contributed by atoms with Crippen molar-refractivity contribution < 1.29 is 4.74 Å². The van der Waals surface area contributed by atoms with Crippen LogP contribution in [0.4, 0.5) is 0 Å². The number of nitrogens with two attached hydrogens (primary N) is 1. The standard InChI is InChI=1S/C15H23ClN2O/c1-11-5-6-18(10-15(11)19-2)9-13-4-3-12(8-17)7-14(13)16/h3-4,7,11,15H,5-6,8-10,17H2,1-2H3. The van der Waals surface area contributed by atoms with E-state index in [1.807, 2.05) is 6.07 Å². The molecule has 0 bridgehead atoms. The largest absolute Gasteiger partial charge is 0.380 e. The highest BCUT2D eigenvalue weighted by Crippen LogP contribution is 2.24. The van der Waals surface area contributed by atoms with Gasteiger partial charge in [0.2, 0.25) is 0 Å². The van der Waals surface area contributed by atoms with Crippen molar-refractivity contribution in [3.63, 3.8) is 0 Å². The second kappa shape index (κ2) is 6.71. The van der Waals surface area contributed by atoms with Crippen LogP contribution in [0.15, 0.2) is 18.2 Å². The van der Waals surface area contributed by atoms with Crippen LogP contribution >= 0.6 is 11.6 Å². The van der Waals surface area contributed by atoms with E-state index in [1.54, 1.807) is 7.11 Å². The molecule has 19 heavy (non-hydrogen) atoms. The molecule has 1 aromatic carbocycles. The summed E-state index contributed by atoms with van der Waals surface area (Å²) in [6.07, 6.45) is 1.51. The average molecular weight is 283 g/mol. The van der Waals surface area contributed by atoms with Crippen LogP contribution in [0.25, 0.3) is 0 Å². The number of hydrogen-bond acceptors (Lipinski definition) is 3. The van der Waals surface area contributed by atoms with E-state index in [1.165, 1.54) is 12.0 Å². The van der Waals surface area contributed by atoms with Gasteiger partial charge in [0.05, 0.1) is 6.10 Å². The maximum Gasteiger partial charge on any atom is 0.0724 e. The molecule has 0 saturated carbocycles. The third-order valence-corrected chi connectivity index (χ3v) is 4.38. The summed E-state index contributed by atoms with van der Waals surface area (Å²) in [5.74, 6) is 0.635. The Morgan fingerprint density at radius 3 is 2.89 bits per heavy atom. The fourth-order valence-electron chi connectivity index (χ4n) is 2.64. The molecular weight excluding hydrogens is 260 g/mol. The highest BCUT2D eigenvalue weighted by molar-refractivity contribution is 6.31. The first-order valence-electron chi connectivity index (χ1n) is 6.86. The minimum absolute atomic E-state index is 0.329. The number of hydrogen-bond donors (Lipinski definition) is 1. The predicted molar refractivity (Wildman–Crippen MR) is 79.2 cm³/mol. The van der Waals surface area contributed by atoms with Crippen LogP contribution in [-0.4, -0.2) is 31.2 Å². The third-order valence-electron chi connectivity index (χ3n) is 4.02. The summed E-state index contributed by atoms with van der Waals surface area (Å²) in [7, 11) is 1.80. The Kier molecular flexibility index (Phi) is 5.22. The molecule has 106 valence electrons. The van der Waals surface area contributed by atoms with Gasteiger partial charge >= 0.3 is 0 Å². The van der Waals surface area contributed by atoms with E-state index in [9.17, 15) is 0 Å². The molecule has 0 spiro atoms. The molecule has 0 aromatic heterocycles. The number of rotatable bonds is 4. The van der Waals surface area contributed by atoms with Gasteiger partial charge in [0.25, 0.3) is 0 Å². The molecule has 1 saturated heterocycles. The zero-order valence-corrected chi connectivity index (χ0v) is 12.5. The molecule has 0 amide bonds. The van der Waals surface area contributed by atoms with Crippen molar-refractivity contribution in [3.05, 3.63) is 34.3 Å². The Bertz CT molecular complexity index is 425. The third kappa shape index (κ3) is 3.69. The zero-order valence-electron chi connectivity index (χ0n) is 11.7. The molecule has 4 heteroatoms. The highest BCUT2D eigenvalue weighted by atomic mass is 35.5. The number of likely N-dealkylation sites (tertiary alicyclic amines) is 1. The first-order chi connectivity index (χ1) is 9.13. The smallest absolute Gasteiger partial charge is 0.0724 e. The van der Waals surface area contributed by atoms with Crippen molar-refractivity contribution in [1.82, 2.24) is 4.90 Å². The van der Waals surface area contributed by atoms with Gasteiger partial charge in [-0.05, 0) is 36.1 Å². The summed E-state index contributed by atoms with van der Waals surface area (Å²) in [6.45, 7) is 5.76. The van der Waals surface area contributed by atoms with Crippen LogP contribution in [0, 0.1) is 5.92 Å². The van der Waals surface area contributed by atoms with Gasteiger partial charge in [-0.15, -0.1) is 0 Å². The van der Waals surface area contributed by atoms with Crippen molar-refractivity contribution >= 4 is 11.6 Å². The number of nitrogens with zero attached hydrogens (tertiary/aromatic N) is 1. The molecule has 1 aromatic rings. The fourth-order valence-corrected chi connectivity index (χ4v) is 2.90. The number of piperidine rings is 1. The van der Waals surface area contributed by atoms with E-state index in [-0.39, 0.29) is 0 Å². The summed E-state index contributed by atoms with van der Waals surface area (Å²) in [6, 6.07) is 6.11. The normalized spacial score (nSPS) is 24.6. The van der Waals surface area contributed by atoms with E-state index in [0.29, 0.717) is 18.6 Å². The minimum Gasteiger partial charge on any atom is -0.380 e. The van der Waals surface area contributed by atoms with Crippen molar-refractivity contribution in [2.75, 3.05) is 20.2 Å². The van der Waals surface area contributed by atoms with Gasteiger partial charge in [-0.3, -0.25) is 4.90 Å². The van der Waals surface area contributed by atoms with Crippen LogP contribution in [0.3, 0.4) is 0 Å². The zero-order chi connectivity index (χ0) is 13.8. The lowest BCUT2D eigenvalue weighted by atomic mass is 9.95. The van der Waals surface area contributed by atoms with Gasteiger partial charge in [-0.1, -0.05) is 30.7 Å². The minimum atomic E-state index is 0.329. The first kappa shape index (κ1) is 14.8. The lowest BCUT2D eigenvalue weighted by Crippen LogP contribution is -2.43. The van der Waals surface area contributed by atoms with E-state index in [2.05, 4.69) is 24.0 Å². The molecule has 1 fully saturated rings. The summed E-state index contributed by atoms with van der Waals surface area (Å²) < 4.78 is 5.55. The average Bonchev–Trinajstić information content (AvgIpc) is 2.43. The summed E-state index contributed by atoms with van der Waals surface area (Å²) in [5.41, 5.74) is 7.87. The monoisotopic (exact) mass is 282 g/mol. The van der Waals surface area contributed by atoms with Gasteiger partial charge < -0.3 is 10.5 Å². The number of benzene rings is 1. The lowest BCUT2D eigenvalue weighted by Gasteiger charge is -2.36. The summed E-state index contributed by atoms with van der Waals surface area (Å²) in [4.78, 5) is 2.41. The van der Waals surface area contributed by atoms with Gasteiger partial charge in [0, 0.05) is 31.8 Å². The summed E-state index contributed by atoms with van der Waals surface area (Å²) >= 11 is 6.31. The fraction of sp³-hybridized carbons (Fsp3) is 0.600. The SMILES string of the molecule is COC1CN(Cc2ccc(CN)cc2Cl)CCC1C. The van der Waals surface area contributed by atoms with E-state index in [4.69, 9.17) is 22.1 Å². The molecule has 3 nitrogen and oxygen atoms in total. The maximum atomic E-state index is 6.31. The first-order valence-corrected chi connectivity index (χ1v) is 7.24. The van der Waals surface area contributed by atoms with Crippen molar-refractivity contribution in [3.8, 4) is 0 Å². The van der Waals surface area contributed by atoms with Crippen LogP contribution in [0.1, 0.15) is 24.5 Å². The molecule has 2 N–H and O–H groups in total. The van der Waals surface area contributed by atoms with Crippen molar-refractivity contribution in [2.45, 2.75) is 32.5 Å². The second-order valence-corrected chi connectivity index (χ2v) is 5.81. The Balaban J connectivity index is 2.01. The molecule has 0 radical (unpaired) electrons. The van der Waals surface area contributed by atoms with E-state index in [0.717, 1.165) is 30.2 Å². The van der Waals surface area contributed by atoms with Gasteiger partial charge in [-0.2, -0.15) is 0 Å². The van der Waals surface area contributed by atoms with Crippen molar-refractivity contribution in [1.29, 1.82) is 0 Å². The Morgan fingerprint density at radius 1 is 1.47 bits per heavy atom.